The zero-order valence-electron chi connectivity index (χ0n) is 32.9. The topological polar surface area (TPSA) is 4.93 Å². The molecule has 0 amide bonds. The lowest BCUT2D eigenvalue weighted by Gasteiger charge is -2.12. The van der Waals surface area contributed by atoms with Crippen LogP contribution in [0.4, 0.5) is 0 Å². The van der Waals surface area contributed by atoms with Crippen LogP contribution in [0.15, 0.2) is 212 Å². The molecule has 0 atom stereocenters. The molecule has 11 aromatic carbocycles. The quantitative estimate of drug-likeness (QED) is 0.158. The van der Waals surface area contributed by atoms with Crippen molar-refractivity contribution in [3.63, 3.8) is 0 Å². The molecule has 1 aliphatic rings. The van der Waals surface area contributed by atoms with E-state index < -0.39 is 0 Å². The second kappa shape index (κ2) is 12.9. The Morgan fingerprint density at radius 3 is 1.40 bits per heavy atom. The molecule has 0 radical (unpaired) electrons. The van der Waals surface area contributed by atoms with E-state index in [2.05, 4.69) is 217 Å². The maximum Gasteiger partial charge on any atom is 0.0541 e. The van der Waals surface area contributed by atoms with Gasteiger partial charge in [0.2, 0.25) is 0 Å². The van der Waals surface area contributed by atoms with Gasteiger partial charge in [0.1, 0.15) is 0 Å². The van der Waals surface area contributed by atoms with E-state index in [0.717, 1.165) is 6.42 Å². The number of benzene rings is 11. The molecule has 0 saturated heterocycles. The SMILES string of the molecule is c1ccc2c(-c3ccc4c(c3)c3cc(-c5cccc6ccccc56)ccc3n4-c3ccc4c(c3)Cc3cc(-c5cc6ccccc6c6ccccc56)ccc3-4)cccc2c1. The van der Waals surface area contributed by atoms with Gasteiger partial charge >= 0.3 is 0 Å². The van der Waals surface area contributed by atoms with E-state index in [1.807, 2.05) is 0 Å². The average Bonchev–Trinajstić information content (AvgIpc) is 3.85. The summed E-state index contributed by atoms with van der Waals surface area (Å²) in [5, 5.41) is 12.8. The third-order valence-corrected chi connectivity index (χ3v) is 13.2. The zero-order chi connectivity index (χ0) is 39.3. The Balaban J connectivity index is 0.963. The first-order valence-electron chi connectivity index (χ1n) is 21.0. The van der Waals surface area contributed by atoms with Crippen LogP contribution in [0.25, 0.3) is 115 Å². The standard InChI is InChI=1S/C59H37N/c1-4-16-46-37(11-1)14-9-21-48(46)41-24-29-58-56(35-41)57-36-42(49-22-10-15-38-12-2-5-17-47(38)49)25-30-59(57)60(58)45-26-28-52-44(33-45)32-43-31-40(23-27-51(43)52)55-34-39-13-3-6-18-50(39)53-19-7-8-20-54(53)55/h1-31,33-36H,32H2. The fourth-order valence-electron chi connectivity index (χ4n) is 10.4. The molecule has 1 nitrogen and oxygen atoms in total. The minimum absolute atomic E-state index is 0.908. The molecule has 12 aromatic rings. The summed E-state index contributed by atoms with van der Waals surface area (Å²) in [6.45, 7) is 0. The van der Waals surface area contributed by atoms with E-state index in [1.165, 1.54) is 126 Å². The van der Waals surface area contributed by atoms with Crippen molar-refractivity contribution in [2.24, 2.45) is 0 Å². The van der Waals surface area contributed by atoms with Gasteiger partial charge in [-0.25, -0.2) is 0 Å². The van der Waals surface area contributed by atoms with E-state index in [1.54, 1.807) is 0 Å². The van der Waals surface area contributed by atoms with Crippen molar-refractivity contribution in [1.29, 1.82) is 0 Å². The maximum atomic E-state index is 2.49. The number of nitrogens with zero attached hydrogens (tertiary/aromatic N) is 1. The Kier molecular flexibility index (Phi) is 7.14. The molecule has 1 heterocycles. The van der Waals surface area contributed by atoms with Crippen molar-refractivity contribution in [1.82, 2.24) is 4.57 Å². The Labute approximate surface area is 348 Å². The summed E-state index contributed by atoms with van der Waals surface area (Å²) in [5.41, 5.74) is 16.6. The van der Waals surface area contributed by atoms with E-state index in [0.29, 0.717) is 0 Å². The lowest BCUT2D eigenvalue weighted by atomic mass is 9.92. The van der Waals surface area contributed by atoms with Crippen LogP contribution in [0, 0.1) is 0 Å². The first kappa shape index (κ1) is 33.3. The number of fused-ring (bicyclic) bond motifs is 11. The smallest absolute Gasteiger partial charge is 0.0541 e. The lowest BCUT2D eigenvalue weighted by Crippen LogP contribution is -1.95. The predicted octanol–water partition coefficient (Wildman–Crippen LogP) is 16.0. The number of aromatic nitrogens is 1. The van der Waals surface area contributed by atoms with Gasteiger partial charge in [0.25, 0.3) is 0 Å². The number of hydrogen-bond donors (Lipinski definition) is 0. The second-order valence-corrected chi connectivity index (χ2v) is 16.4. The van der Waals surface area contributed by atoms with Gasteiger partial charge in [-0.05, 0) is 148 Å². The monoisotopic (exact) mass is 759 g/mol. The normalized spacial score (nSPS) is 12.3. The molecule has 0 spiro atoms. The fraction of sp³-hybridized carbons (Fsp3) is 0.0169. The van der Waals surface area contributed by atoms with E-state index in [9.17, 15) is 0 Å². The van der Waals surface area contributed by atoms with Crippen LogP contribution < -0.4 is 0 Å². The van der Waals surface area contributed by atoms with Crippen molar-refractivity contribution in [3.05, 3.63) is 223 Å². The van der Waals surface area contributed by atoms with Crippen molar-refractivity contribution < 1.29 is 0 Å². The molecule has 0 aliphatic heterocycles. The van der Waals surface area contributed by atoms with Crippen molar-refractivity contribution in [2.45, 2.75) is 6.42 Å². The van der Waals surface area contributed by atoms with Crippen molar-refractivity contribution in [3.8, 4) is 50.2 Å². The highest BCUT2D eigenvalue weighted by atomic mass is 15.0. The Hall–Kier alpha value is -7.74. The van der Waals surface area contributed by atoms with Crippen LogP contribution >= 0.6 is 0 Å². The second-order valence-electron chi connectivity index (χ2n) is 16.4. The van der Waals surface area contributed by atoms with Crippen molar-refractivity contribution >= 4 is 64.9 Å². The summed E-state index contributed by atoms with van der Waals surface area (Å²) in [6, 6.07) is 79.1. The summed E-state index contributed by atoms with van der Waals surface area (Å²) < 4.78 is 2.49. The fourth-order valence-corrected chi connectivity index (χ4v) is 10.4. The van der Waals surface area contributed by atoms with Gasteiger partial charge in [-0.1, -0.05) is 170 Å². The Morgan fingerprint density at radius 1 is 0.267 bits per heavy atom. The predicted molar refractivity (Wildman–Crippen MR) is 255 cm³/mol. The minimum atomic E-state index is 0.908. The highest BCUT2D eigenvalue weighted by molar-refractivity contribution is 6.15. The molecule has 0 bridgehead atoms. The van der Waals surface area contributed by atoms with Crippen LogP contribution in [0.1, 0.15) is 11.1 Å². The Bertz CT molecular complexity index is 3600. The molecule has 60 heavy (non-hydrogen) atoms. The molecule has 0 fully saturated rings. The molecule has 1 heteroatoms. The first-order chi connectivity index (χ1) is 29.7. The maximum absolute atomic E-state index is 2.49. The van der Waals surface area contributed by atoms with Crippen LogP contribution in [-0.2, 0) is 6.42 Å². The molecule has 0 N–H and O–H groups in total. The average molecular weight is 760 g/mol. The third-order valence-electron chi connectivity index (χ3n) is 13.2. The van der Waals surface area contributed by atoms with E-state index in [4.69, 9.17) is 0 Å². The molecule has 1 aliphatic carbocycles. The Morgan fingerprint density at radius 2 is 0.750 bits per heavy atom. The van der Waals surface area contributed by atoms with Gasteiger partial charge in [0.05, 0.1) is 11.0 Å². The van der Waals surface area contributed by atoms with Gasteiger partial charge in [-0.3, -0.25) is 0 Å². The summed E-state index contributed by atoms with van der Waals surface area (Å²) in [6.07, 6.45) is 0.908. The zero-order valence-corrected chi connectivity index (χ0v) is 32.9. The number of rotatable bonds is 4. The van der Waals surface area contributed by atoms with Gasteiger partial charge in [-0.15, -0.1) is 0 Å². The van der Waals surface area contributed by atoms with E-state index in [-0.39, 0.29) is 0 Å². The highest BCUT2D eigenvalue weighted by Gasteiger charge is 2.22. The molecule has 0 unspecified atom stereocenters. The molecule has 0 saturated carbocycles. The van der Waals surface area contributed by atoms with Gasteiger partial charge in [0.15, 0.2) is 0 Å². The number of hydrogen-bond acceptors (Lipinski definition) is 0. The summed E-state index contributed by atoms with van der Waals surface area (Å²) in [7, 11) is 0. The van der Waals surface area contributed by atoms with Gasteiger partial charge in [0, 0.05) is 16.5 Å². The van der Waals surface area contributed by atoms with Crippen LogP contribution in [0.2, 0.25) is 0 Å². The van der Waals surface area contributed by atoms with Gasteiger partial charge in [-0.2, -0.15) is 0 Å². The largest absolute Gasteiger partial charge is 0.309 e. The molecular formula is C59H37N. The minimum Gasteiger partial charge on any atom is -0.309 e. The van der Waals surface area contributed by atoms with Crippen LogP contribution in [0.3, 0.4) is 0 Å². The first-order valence-corrected chi connectivity index (χ1v) is 21.0. The lowest BCUT2D eigenvalue weighted by molar-refractivity contribution is 1.16. The van der Waals surface area contributed by atoms with Crippen molar-refractivity contribution in [2.75, 3.05) is 0 Å². The molecule has 1 aromatic heterocycles. The van der Waals surface area contributed by atoms with Crippen LogP contribution in [-0.4, -0.2) is 4.57 Å². The van der Waals surface area contributed by atoms with Crippen LogP contribution in [0.5, 0.6) is 0 Å². The summed E-state index contributed by atoms with van der Waals surface area (Å²) >= 11 is 0. The summed E-state index contributed by atoms with van der Waals surface area (Å²) in [4.78, 5) is 0. The summed E-state index contributed by atoms with van der Waals surface area (Å²) in [5.74, 6) is 0. The molecule has 13 rings (SSSR count). The third kappa shape index (κ3) is 4.99. The van der Waals surface area contributed by atoms with E-state index >= 15 is 0 Å². The highest BCUT2D eigenvalue weighted by Crippen LogP contribution is 2.44. The van der Waals surface area contributed by atoms with Gasteiger partial charge < -0.3 is 4.57 Å². The molecule has 278 valence electrons. The molecular weight excluding hydrogens is 723 g/mol.